The van der Waals surface area contributed by atoms with Crippen LogP contribution in [0.4, 0.5) is 0 Å². The van der Waals surface area contributed by atoms with Gasteiger partial charge < -0.3 is 35.3 Å². The largest absolute Gasteiger partial charge is 0.547 e. The van der Waals surface area contributed by atoms with Gasteiger partial charge in [0.15, 0.2) is 6.10 Å². The molecule has 1 fully saturated rings. The molecule has 0 radical (unpaired) electrons. The SMILES string of the molecule is CCOC(=O)[C@@H]1CCC[NH2+]C1.O=C([O-])[C@H](O)[C@@H](O)C(=O)O. The lowest BCUT2D eigenvalue weighted by Gasteiger charge is -2.17. The van der Waals surface area contributed by atoms with Crippen LogP contribution in [-0.2, 0) is 19.1 Å². The van der Waals surface area contributed by atoms with Crippen LogP contribution in [0.5, 0.6) is 0 Å². The normalized spacial score (nSPS) is 20.4. The average molecular weight is 307 g/mol. The van der Waals surface area contributed by atoms with E-state index >= 15 is 0 Å². The van der Waals surface area contributed by atoms with Crippen LogP contribution in [0.3, 0.4) is 0 Å². The van der Waals surface area contributed by atoms with Crippen LogP contribution in [0, 0.1) is 5.92 Å². The van der Waals surface area contributed by atoms with Crippen LogP contribution in [0.2, 0.25) is 0 Å². The zero-order valence-electron chi connectivity index (χ0n) is 11.7. The van der Waals surface area contributed by atoms with Crippen molar-refractivity contribution in [3.8, 4) is 0 Å². The number of quaternary nitrogens is 1. The topological polar surface area (TPSA) is 161 Å². The van der Waals surface area contributed by atoms with E-state index in [1.165, 1.54) is 0 Å². The van der Waals surface area contributed by atoms with Crippen LogP contribution in [-0.4, -0.2) is 65.1 Å². The molecule has 0 amide bonds. The fraction of sp³-hybridized carbons (Fsp3) is 0.750. The van der Waals surface area contributed by atoms with E-state index in [-0.39, 0.29) is 11.9 Å². The van der Waals surface area contributed by atoms with Crippen molar-refractivity contribution in [1.82, 2.24) is 0 Å². The minimum atomic E-state index is -2.38. The number of esters is 1. The summed E-state index contributed by atoms with van der Waals surface area (Å²) >= 11 is 0. The first-order chi connectivity index (χ1) is 9.81. The molecule has 1 saturated heterocycles. The van der Waals surface area contributed by atoms with Gasteiger partial charge in [-0.25, -0.2) is 4.79 Å². The smallest absolute Gasteiger partial charge is 0.335 e. The maximum Gasteiger partial charge on any atom is 0.335 e. The van der Waals surface area contributed by atoms with Gasteiger partial charge >= 0.3 is 11.9 Å². The van der Waals surface area contributed by atoms with Gasteiger partial charge in [-0.15, -0.1) is 0 Å². The van der Waals surface area contributed by atoms with Crippen molar-refractivity contribution >= 4 is 17.9 Å². The molecular formula is C12H21NO8. The Kier molecular flexibility index (Phi) is 9.26. The van der Waals surface area contributed by atoms with Crippen LogP contribution < -0.4 is 10.4 Å². The van der Waals surface area contributed by atoms with E-state index in [9.17, 15) is 19.5 Å². The van der Waals surface area contributed by atoms with Gasteiger partial charge in [0.1, 0.15) is 12.0 Å². The van der Waals surface area contributed by atoms with Crippen molar-refractivity contribution in [2.75, 3.05) is 19.7 Å². The summed E-state index contributed by atoms with van der Waals surface area (Å²) in [6.45, 7) is 4.44. The lowest BCUT2D eigenvalue weighted by molar-refractivity contribution is -0.666. The minimum Gasteiger partial charge on any atom is -0.547 e. The molecule has 0 aromatic rings. The van der Waals surface area contributed by atoms with Crippen LogP contribution in [0.1, 0.15) is 19.8 Å². The highest BCUT2D eigenvalue weighted by atomic mass is 16.5. The summed E-state index contributed by atoms with van der Waals surface area (Å²) < 4.78 is 4.92. The quantitative estimate of drug-likeness (QED) is 0.374. The van der Waals surface area contributed by atoms with Crippen molar-refractivity contribution in [1.29, 1.82) is 0 Å². The van der Waals surface area contributed by atoms with Crippen molar-refractivity contribution in [2.45, 2.75) is 32.0 Å². The molecule has 0 aromatic carbocycles. The van der Waals surface area contributed by atoms with Gasteiger partial charge in [0.25, 0.3) is 0 Å². The number of rotatable bonds is 5. The Morgan fingerprint density at radius 3 is 2.29 bits per heavy atom. The monoisotopic (exact) mass is 307 g/mol. The molecule has 0 spiro atoms. The zero-order chi connectivity index (χ0) is 16.4. The highest BCUT2D eigenvalue weighted by Crippen LogP contribution is 2.07. The Bertz CT molecular complexity index is 335. The number of hydrogen-bond acceptors (Lipinski definition) is 7. The van der Waals surface area contributed by atoms with Crippen LogP contribution in [0.15, 0.2) is 0 Å². The third-order valence-electron chi connectivity index (χ3n) is 2.83. The molecule has 1 rings (SSSR count). The first-order valence-corrected chi connectivity index (χ1v) is 6.59. The maximum atomic E-state index is 11.2. The molecule has 0 bridgehead atoms. The third-order valence-corrected chi connectivity index (χ3v) is 2.83. The van der Waals surface area contributed by atoms with Gasteiger partial charge in [-0.3, -0.25) is 4.79 Å². The summed E-state index contributed by atoms with van der Waals surface area (Å²) in [4.78, 5) is 30.6. The molecule has 0 aliphatic carbocycles. The number of carboxylic acids is 2. The lowest BCUT2D eigenvalue weighted by atomic mass is 10.0. The Hall–Kier alpha value is -1.71. The fourth-order valence-corrected chi connectivity index (χ4v) is 1.68. The van der Waals surface area contributed by atoms with Gasteiger partial charge in [-0.2, -0.15) is 0 Å². The second-order valence-electron chi connectivity index (χ2n) is 4.45. The molecule has 0 unspecified atom stereocenters. The molecule has 5 N–H and O–H groups in total. The lowest BCUT2D eigenvalue weighted by Crippen LogP contribution is -2.87. The number of nitrogens with two attached hydrogens (primary N) is 1. The van der Waals surface area contributed by atoms with Crippen LogP contribution >= 0.6 is 0 Å². The molecule has 1 aliphatic heterocycles. The highest BCUT2D eigenvalue weighted by molar-refractivity contribution is 5.82. The third kappa shape index (κ3) is 7.59. The molecule has 0 saturated carbocycles. The molecule has 9 heteroatoms. The first kappa shape index (κ1) is 19.3. The van der Waals surface area contributed by atoms with E-state index in [0.29, 0.717) is 6.61 Å². The van der Waals surface area contributed by atoms with Crippen molar-refractivity contribution in [2.24, 2.45) is 5.92 Å². The number of carbonyl (C=O) groups is 3. The minimum absolute atomic E-state index is 0.0107. The van der Waals surface area contributed by atoms with Gasteiger partial charge in [-0.1, -0.05) is 0 Å². The predicted octanol–water partition coefficient (Wildman–Crippen LogP) is -3.93. The van der Waals surface area contributed by atoms with E-state index < -0.39 is 24.1 Å². The number of carboxylic acid groups (broad SMARTS) is 2. The van der Waals surface area contributed by atoms with E-state index in [4.69, 9.17) is 20.1 Å². The Labute approximate surface area is 121 Å². The maximum absolute atomic E-state index is 11.2. The molecule has 1 aliphatic rings. The number of aliphatic hydroxyl groups excluding tert-OH is 2. The summed E-state index contributed by atoms with van der Waals surface area (Å²) in [7, 11) is 0. The summed E-state index contributed by atoms with van der Waals surface area (Å²) in [5.41, 5.74) is 0. The standard InChI is InChI=1S/C8H15NO2.C4H6O6/c1-2-11-8(10)7-4-3-5-9-6-7;5-1(3(7)8)2(6)4(9)10/h7,9H,2-6H2,1H3;1-2,5-6H,(H,7,8)(H,9,10)/t7-;1-,2-/m11/s1. The number of carbonyl (C=O) groups excluding carboxylic acids is 2. The molecule has 1 heterocycles. The molecule has 0 aromatic heterocycles. The van der Waals surface area contributed by atoms with Gasteiger partial charge in [0.05, 0.1) is 25.7 Å². The Balaban J connectivity index is 0.000000384. The van der Waals surface area contributed by atoms with Crippen molar-refractivity contribution < 1.29 is 44.9 Å². The summed E-state index contributed by atoms with van der Waals surface area (Å²) in [6.07, 6.45) is -2.55. The first-order valence-electron chi connectivity index (χ1n) is 6.59. The van der Waals surface area contributed by atoms with Crippen LogP contribution in [0.25, 0.3) is 0 Å². The van der Waals surface area contributed by atoms with E-state index in [0.717, 1.165) is 25.9 Å². The second kappa shape index (κ2) is 10.1. The van der Waals surface area contributed by atoms with E-state index in [1.807, 2.05) is 6.92 Å². The van der Waals surface area contributed by atoms with Gasteiger partial charge in [0, 0.05) is 0 Å². The van der Waals surface area contributed by atoms with Crippen molar-refractivity contribution in [3.05, 3.63) is 0 Å². The second-order valence-corrected chi connectivity index (χ2v) is 4.45. The fourth-order valence-electron chi connectivity index (χ4n) is 1.68. The summed E-state index contributed by atoms with van der Waals surface area (Å²) in [5.74, 6) is -3.68. The average Bonchev–Trinajstić information content (AvgIpc) is 2.47. The molecule has 21 heavy (non-hydrogen) atoms. The number of hydrogen-bond donors (Lipinski definition) is 4. The summed E-state index contributed by atoms with van der Waals surface area (Å²) in [5, 5.41) is 36.3. The number of piperidine rings is 1. The van der Waals surface area contributed by atoms with Gasteiger partial charge in [-0.05, 0) is 19.8 Å². The summed E-state index contributed by atoms with van der Waals surface area (Å²) in [6, 6.07) is 0. The van der Waals surface area contributed by atoms with E-state index in [2.05, 4.69) is 5.32 Å². The molecule has 9 nitrogen and oxygen atoms in total. The number of aliphatic hydroxyl groups is 2. The predicted molar refractivity (Wildman–Crippen MR) is 65.7 cm³/mol. The number of ether oxygens (including phenoxy) is 1. The highest BCUT2D eigenvalue weighted by Gasteiger charge is 2.24. The Morgan fingerprint density at radius 1 is 1.33 bits per heavy atom. The van der Waals surface area contributed by atoms with Gasteiger partial charge in [0.2, 0.25) is 0 Å². The Morgan fingerprint density at radius 2 is 1.95 bits per heavy atom. The van der Waals surface area contributed by atoms with Crippen molar-refractivity contribution in [3.63, 3.8) is 0 Å². The number of aliphatic carboxylic acids is 2. The van der Waals surface area contributed by atoms with E-state index in [1.54, 1.807) is 0 Å². The molecule has 3 atom stereocenters. The zero-order valence-corrected chi connectivity index (χ0v) is 11.7. The molecule has 122 valence electrons. The molecular weight excluding hydrogens is 286 g/mol.